The lowest BCUT2D eigenvalue weighted by molar-refractivity contribution is 0.463. The van der Waals surface area contributed by atoms with Gasteiger partial charge in [0.1, 0.15) is 17.2 Å². The molecule has 3 heteroatoms. The maximum atomic E-state index is 9.79. The summed E-state index contributed by atoms with van der Waals surface area (Å²) < 4.78 is 0. The van der Waals surface area contributed by atoms with Crippen LogP contribution in [0.25, 0.3) is 10.8 Å². The van der Waals surface area contributed by atoms with E-state index in [1.54, 1.807) is 30.3 Å². The second-order valence-electron chi connectivity index (χ2n) is 5.90. The van der Waals surface area contributed by atoms with Crippen LogP contribution in [0.5, 0.6) is 17.2 Å². The SMILES string of the molecule is CC.CC.CC(C)c1cc2cccc(O)c2cc1O.Cc1cccc(O)c1. The van der Waals surface area contributed by atoms with E-state index in [9.17, 15) is 10.2 Å². The molecule has 0 saturated heterocycles. The molecule has 0 spiro atoms. The summed E-state index contributed by atoms with van der Waals surface area (Å²) in [6.07, 6.45) is 0. The summed E-state index contributed by atoms with van der Waals surface area (Å²) >= 11 is 0. The van der Waals surface area contributed by atoms with Crippen LogP contribution in [0.15, 0.2) is 54.6 Å². The normalized spacial score (nSPS) is 9.33. The van der Waals surface area contributed by atoms with Gasteiger partial charge in [-0.1, -0.05) is 65.8 Å². The van der Waals surface area contributed by atoms with E-state index in [0.717, 1.165) is 16.5 Å². The minimum absolute atomic E-state index is 0.207. The van der Waals surface area contributed by atoms with Gasteiger partial charge in [0.05, 0.1) is 0 Å². The van der Waals surface area contributed by atoms with Crippen molar-refractivity contribution in [1.82, 2.24) is 0 Å². The minimum Gasteiger partial charge on any atom is -0.508 e. The van der Waals surface area contributed by atoms with E-state index in [0.29, 0.717) is 11.1 Å². The van der Waals surface area contributed by atoms with Crippen molar-refractivity contribution in [3.8, 4) is 17.2 Å². The maximum absolute atomic E-state index is 9.79. The largest absolute Gasteiger partial charge is 0.508 e. The van der Waals surface area contributed by atoms with Gasteiger partial charge in [0.2, 0.25) is 0 Å². The van der Waals surface area contributed by atoms with Crippen LogP contribution in [0.1, 0.15) is 58.6 Å². The molecule has 3 rings (SSSR count). The number of benzene rings is 3. The van der Waals surface area contributed by atoms with E-state index in [1.807, 2.05) is 72.7 Å². The van der Waals surface area contributed by atoms with Crippen molar-refractivity contribution in [3.05, 3.63) is 65.7 Å². The van der Waals surface area contributed by atoms with Crippen LogP contribution in [-0.2, 0) is 0 Å². The number of hydrogen-bond donors (Lipinski definition) is 3. The number of aromatic hydroxyl groups is 3. The zero-order valence-electron chi connectivity index (χ0n) is 17.6. The van der Waals surface area contributed by atoms with E-state index in [-0.39, 0.29) is 17.4 Å². The number of phenolic OH excluding ortho intramolecular Hbond substituents is 3. The molecule has 3 N–H and O–H groups in total. The van der Waals surface area contributed by atoms with Gasteiger partial charge in [-0.05, 0) is 59.7 Å². The molecule has 0 aliphatic rings. The van der Waals surface area contributed by atoms with Crippen LogP contribution in [0.3, 0.4) is 0 Å². The molecule has 0 unspecified atom stereocenters. The summed E-state index contributed by atoms with van der Waals surface area (Å²) in [6, 6.07) is 16.1. The predicted molar refractivity (Wildman–Crippen MR) is 117 cm³/mol. The van der Waals surface area contributed by atoms with E-state index in [2.05, 4.69) is 0 Å². The third kappa shape index (κ3) is 7.61. The standard InChI is InChI=1S/C13H14O2.C7H8O.2C2H6/c1-8(2)10-6-9-4-3-5-12(14)11(9)7-13(10)15;1-6-3-2-4-7(8)5-6;2*1-2/h3-8,14-15H,1-2H3;2-5,8H,1H3;2*1-2H3. The molecule has 0 saturated carbocycles. The number of aryl methyl sites for hydroxylation is 1. The first-order valence-electron chi connectivity index (χ1n) is 9.58. The molecule has 0 amide bonds. The Labute approximate surface area is 163 Å². The molecule has 0 bridgehead atoms. The zero-order chi connectivity index (χ0) is 21.0. The van der Waals surface area contributed by atoms with Crippen LogP contribution in [0, 0.1) is 6.92 Å². The molecule has 148 valence electrons. The van der Waals surface area contributed by atoms with Gasteiger partial charge >= 0.3 is 0 Å². The first kappa shape index (κ1) is 24.3. The average Bonchev–Trinajstić information content (AvgIpc) is 2.65. The summed E-state index contributed by atoms with van der Waals surface area (Å²) in [4.78, 5) is 0. The fraction of sp³-hybridized carbons (Fsp3) is 0.333. The first-order chi connectivity index (χ1) is 12.9. The number of phenols is 3. The lowest BCUT2D eigenvalue weighted by atomic mass is 9.98. The smallest absolute Gasteiger partial charge is 0.123 e. The second-order valence-corrected chi connectivity index (χ2v) is 5.90. The van der Waals surface area contributed by atoms with E-state index in [4.69, 9.17) is 5.11 Å². The highest BCUT2D eigenvalue weighted by Gasteiger charge is 2.09. The molecular formula is C24H34O3. The molecule has 0 heterocycles. The van der Waals surface area contributed by atoms with Crippen molar-refractivity contribution in [2.24, 2.45) is 0 Å². The summed E-state index contributed by atoms with van der Waals surface area (Å²) in [5.41, 5.74) is 2.00. The lowest BCUT2D eigenvalue weighted by Gasteiger charge is -2.10. The van der Waals surface area contributed by atoms with E-state index >= 15 is 0 Å². The van der Waals surface area contributed by atoms with Gasteiger partial charge in [-0.25, -0.2) is 0 Å². The lowest BCUT2D eigenvalue weighted by Crippen LogP contribution is -1.88. The Morgan fingerprint density at radius 2 is 1.30 bits per heavy atom. The van der Waals surface area contributed by atoms with Gasteiger partial charge in [-0.2, -0.15) is 0 Å². The molecule has 27 heavy (non-hydrogen) atoms. The Hall–Kier alpha value is -2.68. The predicted octanol–water partition coefficient (Wildman–Crippen LogP) is 7.13. The zero-order valence-corrected chi connectivity index (χ0v) is 17.6. The highest BCUT2D eigenvalue weighted by molar-refractivity contribution is 5.90. The van der Waals surface area contributed by atoms with Crippen LogP contribution in [0.4, 0.5) is 0 Å². The molecule has 3 aromatic rings. The molecular weight excluding hydrogens is 336 g/mol. The summed E-state index contributed by atoms with van der Waals surface area (Å²) in [6.45, 7) is 14.0. The highest BCUT2D eigenvalue weighted by atomic mass is 16.3. The Morgan fingerprint density at radius 1 is 0.704 bits per heavy atom. The maximum Gasteiger partial charge on any atom is 0.123 e. The monoisotopic (exact) mass is 370 g/mol. The first-order valence-corrected chi connectivity index (χ1v) is 9.58. The number of fused-ring (bicyclic) bond motifs is 1. The van der Waals surface area contributed by atoms with Gasteiger partial charge in [-0.3, -0.25) is 0 Å². The molecule has 0 radical (unpaired) electrons. The van der Waals surface area contributed by atoms with Crippen LogP contribution < -0.4 is 0 Å². The molecule has 0 atom stereocenters. The van der Waals surface area contributed by atoms with Gasteiger partial charge in [-0.15, -0.1) is 0 Å². The van der Waals surface area contributed by atoms with E-state index in [1.165, 1.54) is 0 Å². The van der Waals surface area contributed by atoms with Gasteiger partial charge in [0, 0.05) is 5.39 Å². The molecule has 3 aromatic carbocycles. The summed E-state index contributed by atoms with van der Waals surface area (Å²) in [5, 5.41) is 29.9. The fourth-order valence-corrected chi connectivity index (χ4v) is 2.41. The second kappa shape index (κ2) is 12.6. The Kier molecular flexibility index (Phi) is 11.4. The van der Waals surface area contributed by atoms with Crippen LogP contribution >= 0.6 is 0 Å². The molecule has 0 aromatic heterocycles. The minimum atomic E-state index is 0.207. The quantitative estimate of drug-likeness (QED) is 0.427. The van der Waals surface area contributed by atoms with Crippen LogP contribution in [-0.4, -0.2) is 15.3 Å². The Morgan fingerprint density at radius 3 is 1.78 bits per heavy atom. The fourth-order valence-electron chi connectivity index (χ4n) is 2.41. The number of hydrogen-bond acceptors (Lipinski definition) is 3. The highest BCUT2D eigenvalue weighted by Crippen LogP contribution is 2.33. The number of rotatable bonds is 1. The van der Waals surface area contributed by atoms with Gasteiger partial charge in [0.25, 0.3) is 0 Å². The Balaban J connectivity index is 0.000000477. The summed E-state index contributed by atoms with van der Waals surface area (Å²) in [7, 11) is 0. The van der Waals surface area contributed by atoms with Gasteiger partial charge in [0.15, 0.2) is 0 Å². The van der Waals surface area contributed by atoms with Crippen molar-refractivity contribution in [2.45, 2.75) is 54.4 Å². The van der Waals surface area contributed by atoms with Crippen molar-refractivity contribution in [3.63, 3.8) is 0 Å². The molecule has 3 nitrogen and oxygen atoms in total. The van der Waals surface area contributed by atoms with Crippen molar-refractivity contribution < 1.29 is 15.3 Å². The Bertz CT molecular complexity index is 791. The molecule has 0 fully saturated rings. The molecule has 0 aliphatic carbocycles. The van der Waals surface area contributed by atoms with Gasteiger partial charge < -0.3 is 15.3 Å². The topological polar surface area (TPSA) is 60.7 Å². The average molecular weight is 371 g/mol. The van der Waals surface area contributed by atoms with Crippen molar-refractivity contribution in [2.75, 3.05) is 0 Å². The van der Waals surface area contributed by atoms with Crippen LogP contribution in [0.2, 0.25) is 0 Å². The third-order valence-electron chi connectivity index (χ3n) is 3.63. The summed E-state index contributed by atoms with van der Waals surface area (Å²) in [5.74, 6) is 1.07. The molecule has 0 aliphatic heterocycles. The van der Waals surface area contributed by atoms with Crippen molar-refractivity contribution in [1.29, 1.82) is 0 Å². The van der Waals surface area contributed by atoms with E-state index < -0.39 is 0 Å². The van der Waals surface area contributed by atoms with Crippen molar-refractivity contribution >= 4 is 10.8 Å². The third-order valence-corrected chi connectivity index (χ3v) is 3.63.